The summed E-state index contributed by atoms with van der Waals surface area (Å²) in [5.41, 5.74) is 3.54. The summed E-state index contributed by atoms with van der Waals surface area (Å²) in [6.45, 7) is 0. The number of halogens is 2. The van der Waals surface area contributed by atoms with Gasteiger partial charge >= 0.3 is 0 Å². The Bertz CT molecular complexity index is 1670. The maximum absolute atomic E-state index is 12.9. The lowest BCUT2D eigenvalue weighted by Gasteiger charge is -2.11. The van der Waals surface area contributed by atoms with Crippen LogP contribution in [-0.4, -0.2) is 24.3 Å². The van der Waals surface area contributed by atoms with Crippen LogP contribution in [0.5, 0.6) is 0 Å². The Morgan fingerprint density at radius 1 is 0.861 bits per heavy atom. The first kappa shape index (κ1) is 23.9. The highest BCUT2D eigenvalue weighted by molar-refractivity contribution is 7.92. The van der Waals surface area contributed by atoms with Crippen LogP contribution in [0.25, 0.3) is 22.4 Å². The van der Waals surface area contributed by atoms with Crippen LogP contribution in [0.2, 0.25) is 10.0 Å². The Morgan fingerprint density at radius 2 is 1.64 bits per heavy atom. The number of imidazole rings is 1. The fourth-order valence-corrected chi connectivity index (χ4v) is 5.10. The van der Waals surface area contributed by atoms with Crippen LogP contribution < -0.4 is 10.0 Å². The number of amides is 1. The molecule has 0 aliphatic rings. The number of aromatic amines is 1. The molecule has 0 unspecified atom stereocenters. The molecule has 0 saturated heterocycles. The lowest BCUT2D eigenvalue weighted by molar-refractivity contribution is 0.102. The molecule has 0 aliphatic heterocycles. The van der Waals surface area contributed by atoms with Gasteiger partial charge in [0.1, 0.15) is 5.82 Å². The summed E-state index contributed by atoms with van der Waals surface area (Å²) in [5, 5.41) is 3.31. The van der Waals surface area contributed by atoms with E-state index in [0.29, 0.717) is 10.7 Å². The zero-order chi connectivity index (χ0) is 25.3. The van der Waals surface area contributed by atoms with Crippen molar-refractivity contribution in [1.82, 2.24) is 9.97 Å². The monoisotopic (exact) mass is 536 g/mol. The van der Waals surface area contributed by atoms with Crippen molar-refractivity contribution in [3.05, 3.63) is 107 Å². The number of hydrogen-bond acceptors (Lipinski definition) is 4. The van der Waals surface area contributed by atoms with Gasteiger partial charge in [0.2, 0.25) is 0 Å². The van der Waals surface area contributed by atoms with Crippen LogP contribution >= 0.6 is 23.2 Å². The SMILES string of the molecule is O=C(Nc1ccc(-c2nc3ccccc3[nH]2)cc1)c1cccc(S(=O)(=O)Nc2cc(Cl)ccc2Cl)c1. The second-order valence-electron chi connectivity index (χ2n) is 7.89. The van der Waals surface area contributed by atoms with Crippen LogP contribution in [0.1, 0.15) is 10.4 Å². The Hall–Kier alpha value is -3.85. The fourth-order valence-electron chi connectivity index (χ4n) is 3.59. The summed E-state index contributed by atoms with van der Waals surface area (Å²) < 4.78 is 28.2. The first-order chi connectivity index (χ1) is 17.3. The number of nitrogens with zero attached hydrogens (tertiary/aromatic N) is 1. The molecule has 4 aromatic carbocycles. The number of fused-ring (bicyclic) bond motifs is 1. The zero-order valence-corrected chi connectivity index (χ0v) is 20.8. The van der Waals surface area contributed by atoms with E-state index in [1.165, 1.54) is 36.4 Å². The number of nitrogens with one attached hydrogen (secondary N) is 3. The van der Waals surface area contributed by atoms with Crippen molar-refractivity contribution >= 4 is 61.5 Å². The molecule has 0 spiro atoms. The normalized spacial score (nSPS) is 11.4. The maximum Gasteiger partial charge on any atom is 0.261 e. The molecule has 0 radical (unpaired) electrons. The highest BCUT2D eigenvalue weighted by atomic mass is 35.5. The number of benzene rings is 4. The Morgan fingerprint density at radius 3 is 2.42 bits per heavy atom. The predicted molar refractivity (Wildman–Crippen MR) is 143 cm³/mol. The molecule has 10 heteroatoms. The second-order valence-corrected chi connectivity index (χ2v) is 10.4. The molecule has 7 nitrogen and oxygen atoms in total. The maximum atomic E-state index is 12.9. The van der Waals surface area contributed by atoms with E-state index in [9.17, 15) is 13.2 Å². The summed E-state index contributed by atoms with van der Waals surface area (Å²) >= 11 is 12.0. The zero-order valence-electron chi connectivity index (χ0n) is 18.5. The smallest absolute Gasteiger partial charge is 0.261 e. The van der Waals surface area contributed by atoms with Gasteiger partial charge in [0.05, 0.1) is 26.6 Å². The fraction of sp³-hybridized carbons (Fsp3) is 0. The third kappa shape index (κ3) is 5.06. The lowest BCUT2D eigenvalue weighted by Crippen LogP contribution is -2.16. The van der Waals surface area contributed by atoms with E-state index in [1.807, 2.05) is 36.4 Å². The Kier molecular flexibility index (Phi) is 6.40. The van der Waals surface area contributed by atoms with Gasteiger partial charge in [-0.25, -0.2) is 13.4 Å². The number of aromatic nitrogens is 2. The van der Waals surface area contributed by atoms with E-state index in [1.54, 1.807) is 18.2 Å². The van der Waals surface area contributed by atoms with Gasteiger partial charge in [-0.3, -0.25) is 9.52 Å². The van der Waals surface area contributed by atoms with E-state index < -0.39 is 15.9 Å². The van der Waals surface area contributed by atoms with Gasteiger partial charge in [0.25, 0.3) is 15.9 Å². The van der Waals surface area contributed by atoms with E-state index in [0.717, 1.165) is 22.4 Å². The number of carbonyl (C=O) groups excluding carboxylic acids is 1. The topological polar surface area (TPSA) is 104 Å². The molecule has 5 rings (SSSR count). The summed E-state index contributed by atoms with van der Waals surface area (Å²) in [6.07, 6.45) is 0. The lowest BCUT2D eigenvalue weighted by atomic mass is 10.1. The van der Waals surface area contributed by atoms with Gasteiger partial charge in [-0.15, -0.1) is 0 Å². The third-order valence-corrected chi connectivity index (χ3v) is 7.31. The van der Waals surface area contributed by atoms with Gasteiger partial charge in [0.15, 0.2) is 0 Å². The van der Waals surface area contributed by atoms with Crippen molar-refractivity contribution in [3.63, 3.8) is 0 Å². The number of rotatable bonds is 6. The molecule has 180 valence electrons. The number of sulfonamides is 1. The van der Waals surface area contributed by atoms with Crippen molar-refractivity contribution in [2.45, 2.75) is 4.90 Å². The highest BCUT2D eigenvalue weighted by Gasteiger charge is 2.18. The minimum Gasteiger partial charge on any atom is -0.338 e. The number of H-pyrrole nitrogens is 1. The molecular formula is C26H18Cl2N4O3S. The summed E-state index contributed by atoms with van der Waals surface area (Å²) in [7, 11) is -4.01. The van der Waals surface area contributed by atoms with E-state index in [-0.39, 0.29) is 21.2 Å². The molecule has 1 heterocycles. The van der Waals surface area contributed by atoms with Crippen molar-refractivity contribution in [2.24, 2.45) is 0 Å². The minimum absolute atomic E-state index is 0.0913. The average Bonchev–Trinajstić information content (AvgIpc) is 3.31. The van der Waals surface area contributed by atoms with E-state index in [4.69, 9.17) is 23.2 Å². The van der Waals surface area contributed by atoms with Crippen molar-refractivity contribution in [2.75, 3.05) is 10.0 Å². The van der Waals surface area contributed by atoms with E-state index in [2.05, 4.69) is 20.0 Å². The van der Waals surface area contributed by atoms with Crippen LogP contribution in [0.3, 0.4) is 0 Å². The number of para-hydroxylation sites is 2. The standard InChI is InChI=1S/C26H18Cl2N4O3S/c27-18-10-13-21(28)24(15-18)32-36(34,35)20-5-3-4-17(14-20)26(33)29-19-11-8-16(9-12-19)25-30-22-6-1-2-7-23(22)31-25/h1-15,32H,(H,29,33)(H,30,31). The molecular weight excluding hydrogens is 519 g/mol. The number of hydrogen-bond donors (Lipinski definition) is 3. The van der Waals surface area contributed by atoms with Crippen molar-refractivity contribution in [1.29, 1.82) is 0 Å². The van der Waals surface area contributed by atoms with Crippen LogP contribution in [0, 0.1) is 0 Å². The van der Waals surface area contributed by atoms with Crippen LogP contribution in [-0.2, 0) is 10.0 Å². The highest BCUT2D eigenvalue weighted by Crippen LogP contribution is 2.28. The minimum atomic E-state index is -4.01. The van der Waals surface area contributed by atoms with Gasteiger partial charge in [-0.2, -0.15) is 0 Å². The predicted octanol–water partition coefficient (Wildman–Crippen LogP) is 6.59. The molecule has 0 atom stereocenters. The molecule has 1 aromatic heterocycles. The van der Waals surface area contributed by atoms with Gasteiger partial charge in [-0.1, -0.05) is 41.4 Å². The summed E-state index contributed by atoms with van der Waals surface area (Å²) in [6, 6.07) is 25.1. The second kappa shape index (κ2) is 9.66. The molecule has 1 amide bonds. The van der Waals surface area contributed by atoms with Crippen molar-refractivity contribution < 1.29 is 13.2 Å². The largest absolute Gasteiger partial charge is 0.338 e. The Labute approximate surface area is 217 Å². The quantitative estimate of drug-likeness (QED) is 0.227. The van der Waals surface area contributed by atoms with Gasteiger partial charge < -0.3 is 10.3 Å². The molecule has 0 saturated carbocycles. The van der Waals surface area contributed by atoms with Gasteiger partial charge in [-0.05, 0) is 72.8 Å². The van der Waals surface area contributed by atoms with E-state index >= 15 is 0 Å². The molecule has 5 aromatic rings. The molecule has 3 N–H and O–H groups in total. The number of anilines is 2. The molecule has 36 heavy (non-hydrogen) atoms. The first-order valence-electron chi connectivity index (χ1n) is 10.7. The summed E-state index contributed by atoms with van der Waals surface area (Å²) in [4.78, 5) is 20.6. The van der Waals surface area contributed by atoms with Crippen LogP contribution in [0.4, 0.5) is 11.4 Å². The Balaban J connectivity index is 1.32. The summed E-state index contributed by atoms with van der Waals surface area (Å²) in [5.74, 6) is 0.267. The molecule has 0 fully saturated rings. The molecule has 0 aliphatic carbocycles. The van der Waals surface area contributed by atoms with Gasteiger partial charge in [0, 0.05) is 21.8 Å². The number of carbonyl (C=O) groups is 1. The van der Waals surface area contributed by atoms with Crippen molar-refractivity contribution in [3.8, 4) is 11.4 Å². The first-order valence-corrected chi connectivity index (χ1v) is 13.0. The third-order valence-electron chi connectivity index (χ3n) is 5.38. The molecule has 0 bridgehead atoms. The van der Waals surface area contributed by atoms with Crippen LogP contribution in [0.15, 0.2) is 95.9 Å². The average molecular weight is 537 g/mol.